The monoisotopic (exact) mass is 411 g/mol. The van der Waals surface area contributed by atoms with E-state index < -0.39 is 18.5 Å². The van der Waals surface area contributed by atoms with Crippen LogP contribution < -0.4 is 14.6 Å². The Hall–Kier alpha value is -3.09. The molecular weight excluding hydrogens is 388 g/mol. The van der Waals surface area contributed by atoms with Crippen LogP contribution in [0.15, 0.2) is 40.9 Å². The summed E-state index contributed by atoms with van der Waals surface area (Å²) in [5.41, 5.74) is 1.84. The van der Waals surface area contributed by atoms with Gasteiger partial charge in [-0.3, -0.25) is 9.59 Å². The maximum atomic E-state index is 12.8. The second-order valence-corrected chi connectivity index (χ2v) is 7.56. The Morgan fingerprint density at radius 3 is 2.20 bits per heavy atom. The topological polar surface area (TPSA) is 102 Å². The molecule has 0 saturated heterocycles. The average Bonchev–Trinajstić information content (AvgIpc) is 2.72. The first-order valence-electron chi connectivity index (χ1n) is 10.3. The Kier molecular flexibility index (Phi) is 5.61. The molecule has 0 fully saturated rings. The standard InChI is InChI=1S/C23H24O7/c1-2-28-19-11-13(9-10-16(19)29-12-20(26)27)21-22-14(24)5-3-7-17(22)30-18-8-4-6-15(25)23(18)21/h9-11,21H,2-8,12H2,1H3,(H,26,27)/p-1. The smallest absolute Gasteiger partial charge is 0.163 e. The summed E-state index contributed by atoms with van der Waals surface area (Å²) in [6.45, 7) is 1.55. The molecule has 0 aromatic heterocycles. The van der Waals surface area contributed by atoms with Gasteiger partial charge in [-0.05, 0) is 37.5 Å². The molecule has 2 aliphatic carbocycles. The van der Waals surface area contributed by atoms with E-state index in [1.807, 2.05) is 0 Å². The van der Waals surface area contributed by atoms with Crippen molar-refractivity contribution >= 4 is 17.5 Å². The number of rotatable bonds is 6. The summed E-state index contributed by atoms with van der Waals surface area (Å²) in [4.78, 5) is 36.5. The molecule has 0 atom stereocenters. The van der Waals surface area contributed by atoms with Crippen LogP contribution in [0, 0.1) is 0 Å². The molecule has 1 heterocycles. The number of carboxylic acid groups (broad SMARTS) is 1. The van der Waals surface area contributed by atoms with Crippen LogP contribution in [0.3, 0.4) is 0 Å². The molecule has 1 aromatic carbocycles. The molecule has 1 aliphatic heterocycles. The Morgan fingerprint density at radius 1 is 1.00 bits per heavy atom. The predicted octanol–water partition coefficient (Wildman–Crippen LogP) is 2.34. The van der Waals surface area contributed by atoms with Gasteiger partial charge in [0, 0.05) is 42.7 Å². The number of hydrogen-bond donors (Lipinski definition) is 0. The highest BCUT2D eigenvalue weighted by molar-refractivity contribution is 6.05. The van der Waals surface area contributed by atoms with Gasteiger partial charge >= 0.3 is 0 Å². The Morgan fingerprint density at radius 2 is 1.63 bits per heavy atom. The molecule has 4 rings (SSSR count). The minimum absolute atomic E-state index is 0.00131. The average molecular weight is 411 g/mol. The van der Waals surface area contributed by atoms with Gasteiger partial charge in [0.25, 0.3) is 0 Å². The fourth-order valence-corrected chi connectivity index (χ4v) is 4.38. The molecule has 158 valence electrons. The van der Waals surface area contributed by atoms with Crippen LogP contribution >= 0.6 is 0 Å². The highest BCUT2D eigenvalue weighted by Gasteiger charge is 2.41. The van der Waals surface area contributed by atoms with Gasteiger partial charge in [-0.1, -0.05) is 6.07 Å². The van der Waals surface area contributed by atoms with Crippen LogP contribution in [0.25, 0.3) is 0 Å². The molecule has 7 heteroatoms. The molecule has 7 nitrogen and oxygen atoms in total. The van der Waals surface area contributed by atoms with E-state index in [2.05, 4.69) is 0 Å². The number of carboxylic acids is 1. The van der Waals surface area contributed by atoms with Crippen LogP contribution in [-0.4, -0.2) is 30.7 Å². The summed E-state index contributed by atoms with van der Waals surface area (Å²) >= 11 is 0. The van der Waals surface area contributed by atoms with Gasteiger partial charge in [0.05, 0.1) is 12.6 Å². The number of Topliss-reactive ketones (excluding diaryl/α,β-unsaturated/α-hetero) is 2. The van der Waals surface area contributed by atoms with Crippen molar-refractivity contribution in [1.29, 1.82) is 0 Å². The summed E-state index contributed by atoms with van der Waals surface area (Å²) in [7, 11) is 0. The van der Waals surface area contributed by atoms with E-state index in [4.69, 9.17) is 14.2 Å². The van der Waals surface area contributed by atoms with Gasteiger partial charge in [0.1, 0.15) is 18.1 Å². The first kappa shape index (κ1) is 20.2. The van der Waals surface area contributed by atoms with Gasteiger partial charge in [0.2, 0.25) is 0 Å². The number of carbonyl (C=O) groups is 3. The number of benzene rings is 1. The van der Waals surface area contributed by atoms with E-state index >= 15 is 0 Å². The van der Waals surface area contributed by atoms with E-state index in [0.29, 0.717) is 60.7 Å². The van der Waals surface area contributed by atoms with E-state index in [1.54, 1.807) is 25.1 Å². The molecule has 0 N–H and O–H groups in total. The largest absolute Gasteiger partial charge is 0.546 e. The van der Waals surface area contributed by atoms with Crippen molar-refractivity contribution < 1.29 is 33.7 Å². The summed E-state index contributed by atoms with van der Waals surface area (Å²) < 4.78 is 17.0. The van der Waals surface area contributed by atoms with Crippen molar-refractivity contribution in [3.8, 4) is 11.5 Å². The lowest BCUT2D eigenvalue weighted by atomic mass is 9.73. The van der Waals surface area contributed by atoms with Crippen molar-refractivity contribution in [2.75, 3.05) is 13.2 Å². The SMILES string of the molecule is CCOc1cc(C2C3=C(CCCC3=O)OC3=C2C(=O)CCC3)ccc1OCC(=O)[O-]. The predicted molar refractivity (Wildman–Crippen MR) is 104 cm³/mol. The van der Waals surface area contributed by atoms with E-state index in [0.717, 1.165) is 18.4 Å². The molecule has 0 amide bonds. The minimum Gasteiger partial charge on any atom is -0.546 e. The van der Waals surface area contributed by atoms with Crippen molar-refractivity contribution in [3.05, 3.63) is 46.4 Å². The molecule has 1 aromatic rings. The van der Waals surface area contributed by atoms with Gasteiger partial charge in [0.15, 0.2) is 23.1 Å². The normalized spacial score (nSPS) is 19.2. The van der Waals surface area contributed by atoms with Gasteiger partial charge < -0.3 is 24.1 Å². The maximum absolute atomic E-state index is 12.8. The molecule has 0 saturated carbocycles. The van der Waals surface area contributed by atoms with Crippen molar-refractivity contribution in [2.24, 2.45) is 0 Å². The number of ether oxygens (including phenoxy) is 3. The van der Waals surface area contributed by atoms with Crippen molar-refractivity contribution in [2.45, 2.75) is 51.4 Å². The second-order valence-electron chi connectivity index (χ2n) is 7.56. The van der Waals surface area contributed by atoms with Crippen LogP contribution in [0.1, 0.15) is 56.9 Å². The number of aliphatic carboxylic acids is 1. The number of carbonyl (C=O) groups excluding carboxylic acids is 3. The highest BCUT2D eigenvalue weighted by atomic mass is 16.5. The number of ketones is 2. The second kappa shape index (κ2) is 8.34. The van der Waals surface area contributed by atoms with Crippen LogP contribution in [-0.2, 0) is 19.1 Å². The minimum atomic E-state index is -1.34. The maximum Gasteiger partial charge on any atom is 0.163 e. The van der Waals surface area contributed by atoms with E-state index in [-0.39, 0.29) is 17.3 Å². The number of hydrogen-bond acceptors (Lipinski definition) is 7. The third kappa shape index (κ3) is 3.72. The van der Waals surface area contributed by atoms with Crippen LogP contribution in [0.4, 0.5) is 0 Å². The molecule has 0 radical (unpaired) electrons. The summed E-state index contributed by atoms with van der Waals surface area (Å²) in [6, 6.07) is 5.09. The molecule has 3 aliphatic rings. The summed E-state index contributed by atoms with van der Waals surface area (Å²) in [6.07, 6.45) is 3.69. The first-order valence-corrected chi connectivity index (χ1v) is 10.3. The van der Waals surface area contributed by atoms with Crippen molar-refractivity contribution in [1.82, 2.24) is 0 Å². The van der Waals surface area contributed by atoms with Crippen LogP contribution in [0.2, 0.25) is 0 Å². The lowest BCUT2D eigenvalue weighted by Crippen LogP contribution is -2.30. The third-order valence-electron chi connectivity index (χ3n) is 5.59. The summed E-state index contributed by atoms with van der Waals surface area (Å²) in [5.74, 6) is 0.126. The van der Waals surface area contributed by atoms with Crippen LogP contribution in [0.5, 0.6) is 11.5 Å². The zero-order valence-electron chi connectivity index (χ0n) is 16.8. The number of allylic oxidation sites excluding steroid dienone is 4. The molecule has 0 unspecified atom stereocenters. The van der Waals surface area contributed by atoms with Gasteiger partial charge in [-0.25, -0.2) is 0 Å². The third-order valence-corrected chi connectivity index (χ3v) is 5.59. The molecular formula is C23H23O7-. The fourth-order valence-electron chi connectivity index (χ4n) is 4.38. The van der Waals surface area contributed by atoms with Gasteiger partial charge in [-0.15, -0.1) is 0 Å². The Labute approximate surface area is 174 Å². The highest BCUT2D eigenvalue weighted by Crippen LogP contribution is 2.48. The lowest BCUT2D eigenvalue weighted by molar-refractivity contribution is -0.307. The zero-order chi connectivity index (χ0) is 21.3. The van der Waals surface area contributed by atoms with E-state index in [9.17, 15) is 19.5 Å². The Bertz CT molecular complexity index is 928. The summed E-state index contributed by atoms with van der Waals surface area (Å²) in [5, 5.41) is 10.8. The molecule has 0 bridgehead atoms. The fraction of sp³-hybridized carbons (Fsp3) is 0.435. The van der Waals surface area contributed by atoms with Crippen molar-refractivity contribution in [3.63, 3.8) is 0 Å². The molecule has 0 spiro atoms. The quantitative estimate of drug-likeness (QED) is 0.708. The van der Waals surface area contributed by atoms with Gasteiger partial charge in [-0.2, -0.15) is 0 Å². The molecule has 30 heavy (non-hydrogen) atoms. The first-order chi connectivity index (χ1) is 14.5. The zero-order valence-corrected chi connectivity index (χ0v) is 16.8. The Balaban J connectivity index is 1.81. The van der Waals surface area contributed by atoms with E-state index in [1.165, 1.54) is 0 Å². The lowest BCUT2D eigenvalue weighted by Gasteiger charge is -2.36.